The molecular weight excluding hydrogens is 841 g/mol. The van der Waals surface area contributed by atoms with Gasteiger partial charge in [-0.2, -0.15) is 0 Å². The molecule has 1 aliphatic carbocycles. The topological polar surface area (TPSA) is 86.7 Å². The van der Waals surface area contributed by atoms with Gasteiger partial charge in [-0.1, -0.05) is 121 Å². The summed E-state index contributed by atoms with van der Waals surface area (Å²) in [5.74, 6) is 0. The van der Waals surface area contributed by atoms with E-state index in [1.54, 1.807) is 0 Å². The first-order valence-electron chi connectivity index (χ1n) is 22.6. The van der Waals surface area contributed by atoms with Gasteiger partial charge >= 0.3 is 0 Å². The summed E-state index contributed by atoms with van der Waals surface area (Å²) in [7, 11) is 0. The van der Waals surface area contributed by atoms with Gasteiger partial charge in [-0.05, 0) is 128 Å². The minimum Gasteiger partial charge on any atom is -0.456 e. The second kappa shape index (κ2) is 13.6. The Balaban J connectivity index is 1.08. The average molecular weight is 873 g/mol. The maximum absolute atomic E-state index is 14.5. The Morgan fingerprint density at radius 2 is 0.574 bits per heavy atom. The second-order valence-electron chi connectivity index (χ2n) is 17.7. The monoisotopic (exact) mass is 872 g/mol. The summed E-state index contributed by atoms with van der Waals surface area (Å²) in [5, 5.41) is 6.14. The minimum absolute atomic E-state index is 0.106. The van der Waals surface area contributed by atoms with Crippen LogP contribution in [-0.2, 0) is 0 Å². The van der Waals surface area contributed by atoms with E-state index in [2.05, 4.69) is 84.9 Å². The van der Waals surface area contributed by atoms with E-state index in [9.17, 15) is 9.59 Å². The van der Waals surface area contributed by atoms with Crippen LogP contribution in [-0.4, -0.2) is 0 Å². The molecule has 0 fully saturated rings. The van der Waals surface area contributed by atoms with Crippen LogP contribution >= 0.6 is 0 Å². The zero-order valence-electron chi connectivity index (χ0n) is 35.9. The Morgan fingerprint density at radius 3 is 1.01 bits per heavy atom. The molecule has 1 aliphatic rings. The summed E-state index contributed by atoms with van der Waals surface area (Å²) >= 11 is 0. The fourth-order valence-electron chi connectivity index (χ4n) is 10.9. The number of fused-ring (bicyclic) bond motifs is 18. The van der Waals surface area contributed by atoms with Gasteiger partial charge in [-0.3, -0.25) is 9.59 Å². The van der Waals surface area contributed by atoms with Crippen molar-refractivity contribution in [2.45, 2.75) is 0 Å². The van der Waals surface area contributed by atoms with E-state index in [0.29, 0.717) is 43.9 Å². The molecule has 316 valence electrons. The van der Waals surface area contributed by atoms with E-state index in [0.717, 1.165) is 111 Å². The highest BCUT2D eigenvalue weighted by molar-refractivity contribution is 6.14. The van der Waals surface area contributed by atoms with Crippen LogP contribution in [0.5, 0.6) is 0 Å². The van der Waals surface area contributed by atoms with Crippen LogP contribution in [0.2, 0.25) is 0 Å². The normalized spacial score (nSPS) is 12.2. The second-order valence-corrected chi connectivity index (χ2v) is 17.7. The van der Waals surface area contributed by atoms with Gasteiger partial charge in [0.1, 0.15) is 44.7 Å². The zero-order chi connectivity index (χ0) is 44.8. The van der Waals surface area contributed by atoms with Crippen molar-refractivity contribution in [2.24, 2.45) is 0 Å². The van der Waals surface area contributed by atoms with Crippen LogP contribution in [0.15, 0.2) is 221 Å². The summed E-state index contributed by atoms with van der Waals surface area (Å²) in [6, 6.07) is 64.5. The van der Waals surface area contributed by atoms with E-state index >= 15 is 0 Å². The lowest BCUT2D eigenvalue weighted by Crippen LogP contribution is -2.05. The van der Waals surface area contributed by atoms with Gasteiger partial charge in [0.25, 0.3) is 0 Å². The lowest BCUT2D eigenvalue weighted by molar-refractivity contribution is 0.660. The predicted molar refractivity (Wildman–Crippen MR) is 274 cm³/mol. The number of para-hydroxylation sites is 6. The predicted octanol–water partition coefficient (Wildman–Crippen LogP) is 16.3. The first-order chi connectivity index (χ1) is 33.5. The molecule has 0 N–H and O–H groups in total. The molecule has 0 amide bonds. The van der Waals surface area contributed by atoms with Crippen LogP contribution < -0.4 is 10.9 Å². The molecule has 10 aromatic carbocycles. The molecule has 0 unspecified atom stereocenters. The Labute approximate surface area is 385 Å². The minimum atomic E-state index is -0.106. The van der Waals surface area contributed by atoms with Gasteiger partial charge < -0.3 is 17.7 Å². The Kier molecular flexibility index (Phi) is 7.42. The molecule has 0 saturated carbocycles. The third-order valence-electron chi connectivity index (χ3n) is 14.1. The van der Waals surface area contributed by atoms with Crippen molar-refractivity contribution in [1.29, 1.82) is 0 Å². The first-order valence-corrected chi connectivity index (χ1v) is 22.6. The molecule has 0 atom stereocenters. The highest BCUT2D eigenvalue weighted by Crippen LogP contribution is 2.52. The first kappa shape index (κ1) is 37.0. The Hall–Kier alpha value is -9.26. The van der Waals surface area contributed by atoms with Crippen LogP contribution in [0.1, 0.15) is 0 Å². The quantitative estimate of drug-likeness (QED) is 0.161. The smallest absolute Gasteiger partial charge is 0.200 e. The summed E-state index contributed by atoms with van der Waals surface area (Å²) in [6.45, 7) is 0. The van der Waals surface area contributed by atoms with Gasteiger partial charge in [0.05, 0.1) is 21.5 Å². The average Bonchev–Trinajstić information content (AvgIpc) is 3.97. The van der Waals surface area contributed by atoms with E-state index in [1.165, 1.54) is 0 Å². The van der Waals surface area contributed by atoms with Gasteiger partial charge in [-0.15, -0.1) is 0 Å². The molecule has 0 radical (unpaired) electrons. The summed E-state index contributed by atoms with van der Waals surface area (Å²) in [6.07, 6.45) is 0. The van der Waals surface area contributed by atoms with Crippen LogP contribution in [0.4, 0.5) is 0 Å². The zero-order valence-corrected chi connectivity index (χ0v) is 35.9. The maximum atomic E-state index is 14.5. The molecule has 4 aromatic heterocycles. The molecule has 0 bridgehead atoms. The number of hydrogen-bond donors (Lipinski definition) is 0. The molecule has 68 heavy (non-hydrogen) atoms. The SMILES string of the molecule is O=c1c2ccccc2oc2cc3c(cc12)-c1cc(-c2cccc4c2oc2ccccc24)ccc1-c1cc2oc4ccccc4c(=O)c2cc1-c1cc(-c2cccc4c2oc2ccccc24)ccc1-3. The molecule has 4 heterocycles. The highest BCUT2D eigenvalue weighted by atomic mass is 16.3. The standard InChI is InChI=1S/C62H32O6/c63-59-43-13-3-7-21-55(43)66-58-32-50-38-26-24-34(36-16-10-18-42-40-12-2-6-20-54(40)68-62(36)42)28-46(38)48-30-52-57(65-56-22-8-4-14-44(56)60(52)64)31-49(48)37-25-23-33(27-45(37)47(50)29-51(58)59)35-15-9-17-41-39-11-1-5-19-53(39)67-61(35)41/h1-32H. The van der Waals surface area contributed by atoms with Crippen LogP contribution in [0, 0.1) is 0 Å². The van der Waals surface area contributed by atoms with Gasteiger partial charge in [0.2, 0.25) is 10.9 Å². The van der Waals surface area contributed by atoms with Crippen molar-refractivity contribution in [3.63, 3.8) is 0 Å². The molecule has 14 aromatic rings. The molecule has 0 aliphatic heterocycles. The summed E-state index contributed by atoms with van der Waals surface area (Å²) in [4.78, 5) is 29.1. The molecule has 6 heteroatoms. The van der Waals surface area contributed by atoms with Gasteiger partial charge in [0, 0.05) is 32.7 Å². The number of benzene rings is 10. The molecular formula is C62H32O6. The molecule has 0 saturated heterocycles. The van der Waals surface area contributed by atoms with Gasteiger partial charge in [0.15, 0.2) is 0 Å². The van der Waals surface area contributed by atoms with E-state index in [1.807, 2.05) is 109 Å². The van der Waals surface area contributed by atoms with E-state index in [4.69, 9.17) is 17.7 Å². The highest BCUT2D eigenvalue weighted by Gasteiger charge is 2.28. The Morgan fingerprint density at radius 1 is 0.221 bits per heavy atom. The summed E-state index contributed by atoms with van der Waals surface area (Å²) < 4.78 is 26.4. The van der Waals surface area contributed by atoms with Crippen molar-refractivity contribution in [3.8, 4) is 66.8 Å². The number of rotatable bonds is 2. The fraction of sp³-hybridized carbons (Fsp3) is 0. The lowest BCUT2D eigenvalue weighted by atomic mass is 9.78. The van der Waals surface area contributed by atoms with E-state index in [-0.39, 0.29) is 10.9 Å². The van der Waals surface area contributed by atoms with Gasteiger partial charge in [-0.25, -0.2) is 0 Å². The third-order valence-corrected chi connectivity index (χ3v) is 14.1. The van der Waals surface area contributed by atoms with E-state index < -0.39 is 0 Å². The summed E-state index contributed by atoms with van der Waals surface area (Å²) in [5.41, 5.74) is 15.8. The Bertz CT molecular complexity index is 4380. The van der Waals surface area contributed by atoms with Crippen LogP contribution in [0.25, 0.3) is 155 Å². The molecule has 6 nitrogen and oxygen atoms in total. The van der Waals surface area contributed by atoms with Crippen molar-refractivity contribution in [1.82, 2.24) is 0 Å². The largest absolute Gasteiger partial charge is 0.456 e. The molecule has 15 rings (SSSR count). The van der Waals surface area contributed by atoms with Crippen molar-refractivity contribution in [3.05, 3.63) is 215 Å². The van der Waals surface area contributed by atoms with Crippen molar-refractivity contribution >= 4 is 87.8 Å². The fourth-order valence-corrected chi connectivity index (χ4v) is 10.9. The maximum Gasteiger partial charge on any atom is 0.200 e. The van der Waals surface area contributed by atoms with Crippen LogP contribution in [0.3, 0.4) is 0 Å². The van der Waals surface area contributed by atoms with Crippen molar-refractivity contribution in [2.75, 3.05) is 0 Å². The third kappa shape index (κ3) is 5.17. The number of furan rings is 2. The number of hydrogen-bond acceptors (Lipinski definition) is 6. The van der Waals surface area contributed by atoms with Crippen molar-refractivity contribution < 1.29 is 17.7 Å². The lowest BCUT2D eigenvalue weighted by Gasteiger charge is -2.25. The molecule has 0 spiro atoms.